The highest BCUT2D eigenvalue weighted by Gasteiger charge is 2.22. The van der Waals surface area contributed by atoms with Crippen molar-refractivity contribution >= 4 is 15.8 Å². The van der Waals surface area contributed by atoms with Crippen molar-refractivity contribution in [3.63, 3.8) is 0 Å². The molecule has 0 amide bonds. The van der Waals surface area contributed by atoms with Crippen LogP contribution in [0.15, 0.2) is 53.4 Å². The standard InChI is InChI=1S/C25H37N3O3S/c1-6-27(7-2)24(21-12-10-20(5)11-13-21)18-26-19-25(29)22-14-16-23(17-15-22)32(30,31)28(8-3)9-4/h10-17,24,26H,6-9,18-19H2,1-5H3. The number of carbonyl (C=O) groups is 1. The molecule has 0 fully saturated rings. The van der Waals surface area contributed by atoms with Crippen molar-refractivity contribution in [2.75, 3.05) is 39.3 Å². The number of aryl methyl sites for hydroxylation is 1. The normalized spacial score (nSPS) is 13.0. The summed E-state index contributed by atoms with van der Waals surface area (Å²) in [7, 11) is -3.52. The number of hydrogen-bond donors (Lipinski definition) is 1. The quantitative estimate of drug-likeness (QED) is 0.460. The summed E-state index contributed by atoms with van der Waals surface area (Å²) in [5, 5.41) is 3.31. The molecule has 1 N–H and O–H groups in total. The highest BCUT2D eigenvalue weighted by Crippen LogP contribution is 2.21. The summed E-state index contributed by atoms with van der Waals surface area (Å²) in [6.45, 7) is 13.5. The Morgan fingerprint density at radius 3 is 1.94 bits per heavy atom. The minimum atomic E-state index is -3.52. The number of ketones is 1. The minimum absolute atomic E-state index is 0.0565. The Morgan fingerprint density at radius 1 is 0.875 bits per heavy atom. The van der Waals surface area contributed by atoms with E-state index in [-0.39, 0.29) is 23.3 Å². The first-order valence-electron chi connectivity index (χ1n) is 11.4. The lowest BCUT2D eigenvalue weighted by molar-refractivity contribution is 0.0986. The Balaban J connectivity index is 2.05. The summed E-state index contributed by atoms with van der Waals surface area (Å²) in [4.78, 5) is 15.3. The highest BCUT2D eigenvalue weighted by molar-refractivity contribution is 7.89. The molecular weight excluding hydrogens is 422 g/mol. The van der Waals surface area contributed by atoms with Crippen LogP contribution in [0, 0.1) is 6.92 Å². The van der Waals surface area contributed by atoms with Gasteiger partial charge >= 0.3 is 0 Å². The summed E-state index contributed by atoms with van der Waals surface area (Å²) in [5.41, 5.74) is 2.96. The first kappa shape index (κ1) is 26.2. The van der Waals surface area contributed by atoms with Gasteiger partial charge in [0.2, 0.25) is 10.0 Å². The third kappa shape index (κ3) is 6.48. The zero-order valence-corrected chi connectivity index (χ0v) is 20.8. The van der Waals surface area contributed by atoms with E-state index in [1.165, 1.54) is 27.6 Å². The van der Waals surface area contributed by atoms with Crippen LogP contribution in [0.4, 0.5) is 0 Å². The van der Waals surface area contributed by atoms with E-state index in [1.807, 2.05) is 13.8 Å². The number of likely N-dealkylation sites (N-methyl/N-ethyl adjacent to an activating group) is 1. The maximum absolute atomic E-state index is 12.7. The Labute approximate surface area is 193 Å². The summed E-state index contributed by atoms with van der Waals surface area (Å²) in [6.07, 6.45) is 0. The molecule has 7 heteroatoms. The van der Waals surface area contributed by atoms with Gasteiger partial charge < -0.3 is 5.32 Å². The van der Waals surface area contributed by atoms with Gasteiger partial charge in [-0.05, 0) is 37.7 Å². The monoisotopic (exact) mass is 459 g/mol. The molecule has 1 atom stereocenters. The predicted molar refractivity (Wildman–Crippen MR) is 131 cm³/mol. The lowest BCUT2D eigenvalue weighted by Crippen LogP contribution is -2.37. The molecule has 0 aliphatic rings. The molecule has 0 spiro atoms. The number of hydrogen-bond acceptors (Lipinski definition) is 5. The molecule has 1 unspecified atom stereocenters. The minimum Gasteiger partial charge on any atom is -0.308 e. The van der Waals surface area contributed by atoms with Crippen LogP contribution in [-0.2, 0) is 10.0 Å². The van der Waals surface area contributed by atoms with E-state index in [2.05, 4.69) is 55.3 Å². The number of sulfonamides is 1. The zero-order chi connectivity index (χ0) is 23.7. The first-order chi connectivity index (χ1) is 15.3. The largest absolute Gasteiger partial charge is 0.308 e. The van der Waals surface area contributed by atoms with Gasteiger partial charge in [0.1, 0.15) is 0 Å². The van der Waals surface area contributed by atoms with Crippen molar-refractivity contribution < 1.29 is 13.2 Å². The lowest BCUT2D eigenvalue weighted by Gasteiger charge is -2.30. The second-order valence-corrected chi connectivity index (χ2v) is 9.75. The Bertz CT molecular complexity index is 949. The van der Waals surface area contributed by atoms with E-state index < -0.39 is 10.0 Å². The van der Waals surface area contributed by atoms with E-state index in [4.69, 9.17) is 0 Å². The van der Waals surface area contributed by atoms with Crippen molar-refractivity contribution in [1.29, 1.82) is 0 Å². The topological polar surface area (TPSA) is 69.7 Å². The molecule has 0 radical (unpaired) electrons. The fourth-order valence-corrected chi connectivity index (χ4v) is 5.32. The second kappa shape index (κ2) is 12.3. The van der Waals surface area contributed by atoms with E-state index >= 15 is 0 Å². The second-order valence-electron chi connectivity index (χ2n) is 7.82. The summed E-state index contributed by atoms with van der Waals surface area (Å²) in [6, 6.07) is 15.0. The van der Waals surface area contributed by atoms with Crippen LogP contribution in [0.25, 0.3) is 0 Å². The fraction of sp³-hybridized carbons (Fsp3) is 0.480. The summed E-state index contributed by atoms with van der Waals surface area (Å²) < 4.78 is 26.7. The zero-order valence-electron chi connectivity index (χ0n) is 20.0. The van der Waals surface area contributed by atoms with Gasteiger partial charge in [0, 0.05) is 31.2 Å². The van der Waals surface area contributed by atoms with E-state index in [9.17, 15) is 13.2 Å². The fourth-order valence-electron chi connectivity index (χ4n) is 3.86. The number of nitrogens with one attached hydrogen (secondary N) is 1. The first-order valence-corrected chi connectivity index (χ1v) is 12.9. The average Bonchev–Trinajstić information content (AvgIpc) is 2.80. The molecule has 32 heavy (non-hydrogen) atoms. The van der Waals surface area contributed by atoms with Gasteiger partial charge in [0.05, 0.1) is 11.4 Å². The van der Waals surface area contributed by atoms with Gasteiger partial charge in [-0.3, -0.25) is 9.69 Å². The third-order valence-corrected chi connectivity index (χ3v) is 7.92. The molecule has 0 aromatic heterocycles. The van der Waals surface area contributed by atoms with Gasteiger partial charge in [0.25, 0.3) is 0 Å². The molecule has 2 aromatic rings. The van der Waals surface area contributed by atoms with E-state index in [1.54, 1.807) is 12.1 Å². The molecule has 176 valence electrons. The Hall–Kier alpha value is -2.06. The molecule has 0 saturated heterocycles. The maximum atomic E-state index is 12.7. The van der Waals surface area contributed by atoms with Gasteiger partial charge in [-0.15, -0.1) is 0 Å². The molecule has 0 bridgehead atoms. The molecule has 0 heterocycles. The van der Waals surface area contributed by atoms with Crippen LogP contribution >= 0.6 is 0 Å². The van der Waals surface area contributed by atoms with E-state index in [0.717, 1.165) is 13.1 Å². The number of nitrogens with zero attached hydrogens (tertiary/aromatic N) is 2. The van der Waals surface area contributed by atoms with Gasteiger partial charge in [0.15, 0.2) is 5.78 Å². The number of carbonyl (C=O) groups excluding carboxylic acids is 1. The van der Waals surface area contributed by atoms with Crippen LogP contribution < -0.4 is 5.32 Å². The van der Waals surface area contributed by atoms with Gasteiger partial charge in [-0.2, -0.15) is 4.31 Å². The van der Waals surface area contributed by atoms with Gasteiger partial charge in [-0.1, -0.05) is 69.7 Å². The van der Waals surface area contributed by atoms with Crippen molar-refractivity contribution in [3.05, 3.63) is 65.2 Å². The van der Waals surface area contributed by atoms with Crippen LogP contribution in [-0.4, -0.2) is 62.7 Å². The summed E-state index contributed by atoms with van der Waals surface area (Å²) in [5.74, 6) is -0.0565. The number of benzene rings is 2. The van der Waals surface area contributed by atoms with Crippen molar-refractivity contribution in [2.24, 2.45) is 0 Å². The van der Waals surface area contributed by atoms with E-state index in [0.29, 0.717) is 25.2 Å². The van der Waals surface area contributed by atoms with Crippen LogP contribution in [0.3, 0.4) is 0 Å². The molecule has 2 aromatic carbocycles. The third-order valence-electron chi connectivity index (χ3n) is 5.86. The van der Waals surface area contributed by atoms with Crippen LogP contribution in [0.2, 0.25) is 0 Å². The molecule has 0 aliphatic carbocycles. The maximum Gasteiger partial charge on any atom is 0.243 e. The summed E-state index contributed by atoms with van der Waals surface area (Å²) >= 11 is 0. The van der Waals surface area contributed by atoms with Crippen LogP contribution in [0.5, 0.6) is 0 Å². The SMILES string of the molecule is CCN(CC)C(CNCC(=O)c1ccc(S(=O)(=O)N(CC)CC)cc1)c1ccc(C)cc1. The predicted octanol–water partition coefficient (Wildman–Crippen LogP) is 3.88. The van der Waals surface area contributed by atoms with Gasteiger partial charge in [-0.25, -0.2) is 8.42 Å². The molecule has 2 rings (SSSR count). The van der Waals surface area contributed by atoms with Crippen molar-refractivity contribution in [1.82, 2.24) is 14.5 Å². The number of Topliss-reactive ketones (excluding diaryl/α,β-unsaturated/α-hetero) is 1. The average molecular weight is 460 g/mol. The van der Waals surface area contributed by atoms with Crippen LogP contribution in [0.1, 0.15) is 55.2 Å². The Kier molecular flexibility index (Phi) is 10.0. The molecule has 6 nitrogen and oxygen atoms in total. The van der Waals surface area contributed by atoms with Crippen molar-refractivity contribution in [2.45, 2.75) is 45.6 Å². The number of rotatable bonds is 13. The molecule has 0 aliphatic heterocycles. The Morgan fingerprint density at radius 2 is 1.44 bits per heavy atom. The molecule has 0 saturated carbocycles. The van der Waals surface area contributed by atoms with Crippen molar-refractivity contribution in [3.8, 4) is 0 Å². The molecular formula is C25H37N3O3S. The smallest absolute Gasteiger partial charge is 0.243 e. The lowest BCUT2D eigenvalue weighted by atomic mass is 10.0. The highest BCUT2D eigenvalue weighted by atomic mass is 32.2.